The van der Waals surface area contributed by atoms with E-state index in [4.69, 9.17) is 13.9 Å². The third-order valence-corrected chi connectivity index (χ3v) is 12.5. The first-order valence-corrected chi connectivity index (χ1v) is 16.3. The van der Waals surface area contributed by atoms with Crippen molar-refractivity contribution in [3.63, 3.8) is 0 Å². The van der Waals surface area contributed by atoms with Crippen LogP contribution in [0.15, 0.2) is 41.3 Å². The van der Waals surface area contributed by atoms with E-state index in [0.29, 0.717) is 57.8 Å². The fourth-order valence-electron chi connectivity index (χ4n) is 4.78. The summed E-state index contributed by atoms with van der Waals surface area (Å²) in [7, 11) is 0.979. The van der Waals surface area contributed by atoms with Crippen LogP contribution in [-0.4, -0.2) is 48.7 Å². The highest BCUT2D eigenvalue weighted by Gasteiger charge is 2.37. The van der Waals surface area contributed by atoms with E-state index in [-0.39, 0.29) is 22.5 Å². The molecule has 216 valence electrons. The quantitative estimate of drug-likeness (QED) is 0.216. The van der Waals surface area contributed by atoms with Gasteiger partial charge < -0.3 is 23.5 Å². The molecule has 0 aliphatic carbocycles. The molecule has 0 amide bonds. The van der Waals surface area contributed by atoms with E-state index < -0.39 is 20.0 Å². The molecule has 0 saturated heterocycles. The summed E-state index contributed by atoms with van der Waals surface area (Å²) >= 11 is 0. The number of ether oxygens (including phenoxy) is 2. The molecular weight excluding hydrogens is 546 g/mol. The zero-order chi connectivity index (χ0) is 29.7. The van der Waals surface area contributed by atoms with Crippen LogP contribution in [0.4, 0.5) is 8.78 Å². The van der Waals surface area contributed by atoms with Crippen molar-refractivity contribution in [2.24, 2.45) is 0 Å². The summed E-state index contributed by atoms with van der Waals surface area (Å²) < 4.78 is 48.3. The summed E-state index contributed by atoms with van der Waals surface area (Å²) in [5, 5.41) is 0.796. The first kappa shape index (κ1) is 28.7. The number of aromatic amines is 1. The highest BCUT2D eigenvalue weighted by molar-refractivity contribution is 6.74. The molecule has 8 nitrogen and oxygen atoms in total. The summed E-state index contributed by atoms with van der Waals surface area (Å²) in [6.07, 6.45) is 1.90. The molecule has 0 spiro atoms. The number of hydrogen-bond acceptors (Lipinski definition) is 6. The first-order valence-electron chi connectivity index (χ1n) is 13.4. The van der Waals surface area contributed by atoms with Gasteiger partial charge in [-0.05, 0) is 41.9 Å². The van der Waals surface area contributed by atoms with Gasteiger partial charge in [-0.15, -0.1) is 0 Å². The smallest absolute Gasteiger partial charge is 0.258 e. The van der Waals surface area contributed by atoms with Gasteiger partial charge in [0.2, 0.25) is 0 Å². The third kappa shape index (κ3) is 5.31. The lowest BCUT2D eigenvalue weighted by Crippen LogP contribution is -2.41. The number of H-pyrrole nitrogens is 1. The Morgan fingerprint density at radius 2 is 1.71 bits per heavy atom. The van der Waals surface area contributed by atoms with Gasteiger partial charge >= 0.3 is 0 Å². The number of hydrogen-bond donors (Lipinski definition) is 1. The molecule has 0 bridgehead atoms. The second-order valence-electron chi connectivity index (χ2n) is 11.7. The standard InChI is InChI=1S/C30H34F2N4O4Si/c1-30(2,3)41(6,7)40-9-8-36-23-10-17(16-33-27(23)20-12-18(31)13-21(32)28(20)36)11-26-34-22-15-25(39-5)24(38-4)14-19(22)29(37)35-26/h10,12-16H,8-9,11H2,1-7H3,(H,34,35,37). The normalized spacial score (nSPS) is 12.5. The topological polar surface area (TPSA) is 91.3 Å². The van der Waals surface area contributed by atoms with Crippen LogP contribution in [-0.2, 0) is 17.4 Å². The molecule has 3 aromatic heterocycles. The monoisotopic (exact) mass is 580 g/mol. The molecule has 1 N–H and O–H groups in total. The van der Waals surface area contributed by atoms with Gasteiger partial charge in [0.25, 0.3) is 5.56 Å². The Balaban J connectivity index is 1.56. The molecule has 3 heterocycles. The summed E-state index contributed by atoms with van der Waals surface area (Å²) in [4.78, 5) is 24.9. The van der Waals surface area contributed by atoms with E-state index in [1.54, 1.807) is 22.9 Å². The van der Waals surface area contributed by atoms with E-state index in [1.807, 2.05) is 6.07 Å². The van der Waals surface area contributed by atoms with E-state index in [9.17, 15) is 9.18 Å². The minimum Gasteiger partial charge on any atom is -0.493 e. The van der Waals surface area contributed by atoms with Gasteiger partial charge in [0.05, 0.1) is 48.3 Å². The maximum absolute atomic E-state index is 15.2. The van der Waals surface area contributed by atoms with Crippen LogP contribution in [0.5, 0.6) is 11.5 Å². The Hall–Kier alpha value is -3.83. The highest BCUT2D eigenvalue weighted by atomic mass is 28.4. The van der Waals surface area contributed by atoms with Gasteiger partial charge in [0.1, 0.15) is 17.5 Å². The van der Waals surface area contributed by atoms with Gasteiger partial charge in [-0.3, -0.25) is 9.78 Å². The molecule has 0 saturated carbocycles. The summed E-state index contributed by atoms with van der Waals surface area (Å²) in [5.74, 6) is 0.00537. The summed E-state index contributed by atoms with van der Waals surface area (Å²) in [6.45, 7) is 11.6. The molecule has 0 unspecified atom stereocenters. The Morgan fingerprint density at radius 1 is 1.00 bits per heavy atom. The molecule has 0 aliphatic heterocycles. The molecule has 11 heteroatoms. The first-order chi connectivity index (χ1) is 19.3. The number of nitrogens with one attached hydrogen (secondary N) is 1. The molecule has 0 atom stereocenters. The third-order valence-electron chi connectivity index (χ3n) is 7.98. The predicted molar refractivity (Wildman–Crippen MR) is 159 cm³/mol. The summed E-state index contributed by atoms with van der Waals surface area (Å²) in [6, 6.07) is 7.33. The number of nitrogens with zero attached hydrogens (tertiary/aromatic N) is 3. The van der Waals surface area contributed by atoms with Crippen molar-refractivity contribution in [1.29, 1.82) is 0 Å². The molecule has 2 aromatic carbocycles. The molecule has 0 fully saturated rings. The van der Waals surface area contributed by atoms with Crippen molar-refractivity contribution >= 4 is 41.2 Å². The Bertz CT molecular complexity index is 1840. The Labute approximate surface area is 237 Å². The molecule has 0 radical (unpaired) electrons. The minimum atomic E-state index is -2.04. The van der Waals surface area contributed by atoms with Crippen LogP contribution in [0.2, 0.25) is 18.1 Å². The highest BCUT2D eigenvalue weighted by Crippen LogP contribution is 2.37. The van der Waals surface area contributed by atoms with Gasteiger partial charge in [-0.25, -0.2) is 13.8 Å². The van der Waals surface area contributed by atoms with Gasteiger partial charge in [-0.2, -0.15) is 0 Å². The van der Waals surface area contributed by atoms with Crippen molar-refractivity contribution in [1.82, 2.24) is 19.5 Å². The molecule has 0 aliphatic rings. The Morgan fingerprint density at radius 3 is 2.39 bits per heavy atom. The van der Waals surface area contributed by atoms with Gasteiger partial charge in [0, 0.05) is 36.7 Å². The van der Waals surface area contributed by atoms with E-state index in [0.717, 1.165) is 11.6 Å². The lowest BCUT2D eigenvalue weighted by molar-refractivity contribution is 0.274. The van der Waals surface area contributed by atoms with Crippen molar-refractivity contribution in [2.75, 3.05) is 20.8 Å². The average Bonchev–Trinajstić information content (AvgIpc) is 3.20. The fourth-order valence-corrected chi connectivity index (χ4v) is 5.81. The van der Waals surface area contributed by atoms with Crippen LogP contribution in [0, 0.1) is 11.6 Å². The predicted octanol–water partition coefficient (Wildman–Crippen LogP) is 6.33. The van der Waals surface area contributed by atoms with Crippen molar-refractivity contribution < 1.29 is 22.7 Å². The van der Waals surface area contributed by atoms with E-state index in [2.05, 4.69) is 48.8 Å². The van der Waals surface area contributed by atoms with Crippen LogP contribution in [0.3, 0.4) is 0 Å². The zero-order valence-electron chi connectivity index (χ0n) is 24.3. The minimum absolute atomic E-state index is 0.0237. The maximum atomic E-state index is 15.2. The molecule has 41 heavy (non-hydrogen) atoms. The fraction of sp³-hybridized carbons (Fsp3) is 0.367. The zero-order valence-corrected chi connectivity index (χ0v) is 25.3. The van der Waals surface area contributed by atoms with E-state index >= 15 is 4.39 Å². The number of halogens is 2. The van der Waals surface area contributed by atoms with Crippen molar-refractivity contribution in [3.05, 3.63) is 69.9 Å². The largest absolute Gasteiger partial charge is 0.493 e. The van der Waals surface area contributed by atoms with Crippen LogP contribution in [0.1, 0.15) is 32.2 Å². The Kier molecular flexibility index (Phi) is 7.37. The second kappa shape index (κ2) is 10.5. The van der Waals surface area contributed by atoms with Crippen LogP contribution in [0.25, 0.3) is 32.8 Å². The van der Waals surface area contributed by atoms with E-state index in [1.165, 1.54) is 20.3 Å². The number of benzene rings is 2. The molecule has 5 aromatic rings. The molecular formula is C30H34F2N4O4Si. The number of aromatic nitrogens is 4. The number of fused-ring (bicyclic) bond motifs is 4. The number of methoxy groups -OCH3 is 2. The maximum Gasteiger partial charge on any atom is 0.258 e. The number of pyridine rings is 1. The lowest BCUT2D eigenvalue weighted by atomic mass is 10.1. The second-order valence-corrected chi connectivity index (χ2v) is 16.5. The van der Waals surface area contributed by atoms with Crippen LogP contribution >= 0.6 is 0 Å². The van der Waals surface area contributed by atoms with Gasteiger partial charge in [-0.1, -0.05) is 20.8 Å². The van der Waals surface area contributed by atoms with Crippen LogP contribution < -0.4 is 15.0 Å². The lowest BCUT2D eigenvalue weighted by Gasteiger charge is -2.36. The van der Waals surface area contributed by atoms with Crippen molar-refractivity contribution in [2.45, 2.75) is 51.9 Å². The SMILES string of the molecule is COc1cc2nc(Cc3cnc4c5cc(F)cc(F)c5n(CCO[Si](C)(C)C(C)(C)C)c4c3)[nH]c(=O)c2cc1OC. The average molecular weight is 581 g/mol. The van der Waals surface area contributed by atoms with Crippen molar-refractivity contribution in [3.8, 4) is 11.5 Å². The molecule has 5 rings (SSSR count). The number of rotatable bonds is 8. The summed E-state index contributed by atoms with van der Waals surface area (Å²) in [5.41, 5.74) is 2.32. The van der Waals surface area contributed by atoms with Gasteiger partial charge in [0.15, 0.2) is 19.8 Å².